The highest BCUT2D eigenvalue weighted by molar-refractivity contribution is 7.29. The van der Waals surface area contributed by atoms with Crippen molar-refractivity contribution in [3.63, 3.8) is 0 Å². The predicted molar refractivity (Wildman–Crippen MR) is 105 cm³/mol. The largest absolute Gasteiger partial charge is 0.106 e. The molecule has 3 atom stereocenters. The van der Waals surface area contributed by atoms with Gasteiger partial charge in [-0.1, -0.05) is 48.5 Å². The van der Waals surface area contributed by atoms with Gasteiger partial charge in [0.25, 0.3) is 0 Å². The quantitative estimate of drug-likeness (QED) is 0.632. The molecule has 3 aromatic rings. The average molecular weight is 326 g/mol. The van der Waals surface area contributed by atoms with Crippen molar-refractivity contribution in [1.29, 1.82) is 0 Å². The van der Waals surface area contributed by atoms with Gasteiger partial charge < -0.3 is 0 Å². The van der Waals surface area contributed by atoms with Crippen LogP contribution in [-0.4, -0.2) is 0 Å². The Balaban J connectivity index is 1.95. The van der Waals surface area contributed by atoms with Crippen molar-refractivity contribution in [1.82, 2.24) is 0 Å². The van der Waals surface area contributed by atoms with E-state index in [1.165, 1.54) is 38.2 Å². The molecule has 0 amide bonds. The Morgan fingerprint density at radius 3 is 1.24 bits per heavy atom. The lowest BCUT2D eigenvalue weighted by Crippen LogP contribution is -2.01. The highest BCUT2D eigenvalue weighted by Crippen LogP contribution is 2.24. The van der Waals surface area contributed by atoms with Gasteiger partial charge in [-0.2, -0.15) is 0 Å². The standard InChI is InChI=1S/C18H17P3/c19-16-7-5-13(6-8-16)12-1-3-14(4-2-12)15-9-17(20)11-18(21)10-15/h1-11H,19-21H2. The molecule has 0 aliphatic carbocycles. The fourth-order valence-electron chi connectivity index (χ4n) is 2.37. The van der Waals surface area contributed by atoms with E-state index in [2.05, 4.69) is 94.4 Å². The molecule has 0 heterocycles. The van der Waals surface area contributed by atoms with Crippen LogP contribution in [0.25, 0.3) is 22.3 Å². The zero-order valence-corrected chi connectivity index (χ0v) is 15.0. The SMILES string of the molecule is Pc1ccc(-c2ccc(-c3cc(P)cc(P)c3)cc2)cc1. The molecular formula is C18H17P3. The Morgan fingerprint density at radius 1 is 0.381 bits per heavy atom. The second kappa shape index (κ2) is 6.37. The van der Waals surface area contributed by atoms with Gasteiger partial charge in [0, 0.05) is 0 Å². The maximum absolute atomic E-state index is 2.76. The van der Waals surface area contributed by atoms with Gasteiger partial charge in [0.2, 0.25) is 0 Å². The molecule has 3 aromatic carbocycles. The molecule has 0 spiro atoms. The minimum absolute atomic E-state index is 1.21. The molecule has 0 aliphatic rings. The lowest BCUT2D eigenvalue weighted by molar-refractivity contribution is 1.61. The van der Waals surface area contributed by atoms with Gasteiger partial charge in [0.05, 0.1) is 0 Å². The van der Waals surface area contributed by atoms with Gasteiger partial charge in [0.1, 0.15) is 0 Å². The van der Waals surface area contributed by atoms with Crippen LogP contribution in [0, 0.1) is 0 Å². The van der Waals surface area contributed by atoms with Crippen molar-refractivity contribution in [2.75, 3.05) is 0 Å². The molecule has 0 fully saturated rings. The Bertz CT molecular complexity index is 739. The summed E-state index contributed by atoms with van der Waals surface area (Å²) in [6, 6.07) is 23.8. The monoisotopic (exact) mass is 326 g/mol. The van der Waals surface area contributed by atoms with Crippen LogP contribution in [0.5, 0.6) is 0 Å². The van der Waals surface area contributed by atoms with E-state index in [0.29, 0.717) is 0 Å². The van der Waals surface area contributed by atoms with Crippen LogP contribution in [0.1, 0.15) is 0 Å². The third-order valence-electron chi connectivity index (χ3n) is 3.44. The number of rotatable bonds is 2. The summed E-state index contributed by atoms with van der Waals surface area (Å²) in [7, 11) is 8.25. The summed E-state index contributed by atoms with van der Waals surface area (Å²) in [5.74, 6) is 0. The summed E-state index contributed by atoms with van der Waals surface area (Å²) in [5, 5.41) is 3.62. The Labute approximate surface area is 133 Å². The first-order valence-electron chi connectivity index (χ1n) is 6.74. The second-order valence-corrected chi connectivity index (χ2v) is 7.09. The molecular weight excluding hydrogens is 309 g/mol. The third kappa shape index (κ3) is 3.59. The maximum Gasteiger partial charge on any atom is -0.0172 e. The molecule has 0 aliphatic heterocycles. The lowest BCUT2D eigenvalue weighted by Gasteiger charge is -2.07. The first-order valence-corrected chi connectivity index (χ1v) is 8.47. The molecule has 3 rings (SSSR count). The smallest absolute Gasteiger partial charge is 0.0172 e. The Hall–Kier alpha value is -1.05. The van der Waals surface area contributed by atoms with Gasteiger partial charge in [-0.15, -0.1) is 27.7 Å². The number of benzene rings is 3. The van der Waals surface area contributed by atoms with Crippen molar-refractivity contribution >= 4 is 43.6 Å². The zero-order chi connectivity index (χ0) is 14.8. The fraction of sp³-hybridized carbons (Fsp3) is 0. The second-order valence-electron chi connectivity index (χ2n) is 5.09. The maximum atomic E-state index is 2.76. The molecule has 0 saturated carbocycles. The van der Waals surface area contributed by atoms with Crippen molar-refractivity contribution in [3.8, 4) is 22.3 Å². The molecule has 21 heavy (non-hydrogen) atoms. The minimum Gasteiger partial charge on any atom is -0.106 e. The van der Waals surface area contributed by atoms with Crippen LogP contribution < -0.4 is 15.9 Å². The molecule has 0 radical (unpaired) electrons. The van der Waals surface area contributed by atoms with Crippen LogP contribution in [0.3, 0.4) is 0 Å². The normalized spacial score (nSPS) is 10.6. The molecule has 104 valence electrons. The predicted octanol–water partition coefficient (Wildman–Crippen LogP) is 3.52. The topological polar surface area (TPSA) is 0 Å². The van der Waals surface area contributed by atoms with E-state index >= 15 is 0 Å². The number of hydrogen-bond acceptors (Lipinski definition) is 0. The van der Waals surface area contributed by atoms with Gasteiger partial charge >= 0.3 is 0 Å². The summed E-state index contributed by atoms with van der Waals surface area (Å²) in [6.07, 6.45) is 0. The van der Waals surface area contributed by atoms with Gasteiger partial charge in [-0.3, -0.25) is 0 Å². The van der Waals surface area contributed by atoms with Gasteiger partial charge in [0.15, 0.2) is 0 Å². The third-order valence-corrected chi connectivity index (χ3v) is 4.49. The summed E-state index contributed by atoms with van der Waals surface area (Å²) < 4.78 is 0. The fourth-order valence-corrected chi connectivity index (χ4v) is 3.50. The van der Waals surface area contributed by atoms with Crippen LogP contribution >= 0.6 is 27.7 Å². The van der Waals surface area contributed by atoms with Crippen LogP contribution in [0.4, 0.5) is 0 Å². The first-order chi connectivity index (χ1) is 10.1. The molecule has 0 saturated heterocycles. The van der Waals surface area contributed by atoms with Gasteiger partial charge in [-0.25, -0.2) is 0 Å². The average Bonchev–Trinajstić information content (AvgIpc) is 2.47. The molecule has 0 N–H and O–H groups in total. The molecule has 0 nitrogen and oxygen atoms in total. The van der Waals surface area contributed by atoms with Crippen LogP contribution in [0.2, 0.25) is 0 Å². The van der Waals surface area contributed by atoms with E-state index in [1.807, 2.05) is 0 Å². The van der Waals surface area contributed by atoms with Crippen LogP contribution in [-0.2, 0) is 0 Å². The Morgan fingerprint density at radius 2 is 0.762 bits per heavy atom. The van der Waals surface area contributed by atoms with E-state index in [9.17, 15) is 0 Å². The highest BCUT2D eigenvalue weighted by atomic mass is 31.0. The molecule has 3 heteroatoms. The van der Waals surface area contributed by atoms with Crippen molar-refractivity contribution < 1.29 is 0 Å². The Kier molecular flexibility index (Phi) is 4.51. The number of hydrogen-bond donors (Lipinski definition) is 0. The summed E-state index contributed by atoms with van der Waals surface area (Å²) in [4.78, 5) is 0. The lowest BCUT2D eigenvalue weighted by atomic mass is 10.0. The summed E-state index contributed by atoms with van der Waals surface area (Å²) in [5.41, 5.74) is 4.99. The van der Waals surface area contributed by atoms with E-state index in [1.54, 1.807) is 0 Å². The van der Waals surface area contributed by atoms with Crippen molar-refractivity contribution in [3.05, 3.63) is 66.7 Å². The first kappa shape index (κ1) is 14.9. The molecule has 0 bridgehead atoms. The van der Waals surface area contributed by atoms with E-state index < -0.39 is 0 Å². The van der Waals surface area contributed by atoms with Gasteiger partial charge in [-0.05, 0) is 56.4 Å². The highest BCUT2D eigenvalue weighted by Gasteiger charge is 2.02. The minimum atomic E-state index is 1.21. The zero-order valence-electron chi connectivity index (χ0n) is 11.6. The summed E-state index contributed by atoms with van der Waals surface area (Å²) in [6.45, 7) is 0. The van der Waals surface area contributed by atoms with Crippen molar-refractivity contribution in [2.24, 2.45) is 0 Å². The van der Waals surface area contributed by atoms with E-state index in [0.717, 1.165) is 0 Å². The van der Waals surface area contributed by atoms with Crippen LogP contribution in [0.15, 0.2) is 66.7 Å². The van der Waals surface area contributed by atoms with Crippen molar-refractivity contribution in [2.45, 2.75) is 0 Å². The van der Waals surface area contributed by atoms with E-state index in [4.69, 9.17) is 0 Å². The molecule has 3 unspecified atom stereocenters. The summed E-state index contributed by atoms with van der Waals surface area (Å²) >= 11 is 0. The van der Waals surface area contributed by atoms with E-state index in [-0.39, 0.29) is 0 Å². The molecule has 0 aromatic heterocycles.